The molecule has 3 nitrogen and oxygen atoms in total. The van der Waals surface area contributed by atoms with Gasteiger partial charge in [-0.2, -0.15) is 52.7 Å². The van der Waals surface area contributed by atoms with Crippen LogP contribution in [-0.2, 0) is 24.7 Å². The monoisotopic (exact) mass is 885 g/mol. The van der Waals surface area contributed by atoms with Crippen molar-refractivity contribution in [3.63, 3.8) is 0 Å². The number of rotatable bonds is 4. The Kier molecular flexibility index (Phi) is 9.48. The summed E-state index contributed by atoms with van der Waals surface area (Å²) in [6.07, 6.45) is -19.2. The average Bonchev–Trinajstić information content (AvgIpc) is 3.72. The largest absolute Gasteiger partial charge is 0.416 e. The van der Waals surface area contributed by atoms with Crippen molar-refractivity contribution in [1.29, 1.82) is 0 Å². The van der Waals surface area contributed by atoms with E-state index in [0.717, 1.165) is 60.7 Å². The molecule has 2 heterocycles. The van der Waals surface area contributed by atoms with Gasteiger partial charge in [0.05, 0.1) is 56.6 Å². The van der Waals surface area contributed by atoms with Crippen molar-refractivity contribution in [1.82, 2.24) is 9.13 Å². The summed E-state index contributed by atoms with van der Waals surface area (Å²) in [6.45, 7) is 11.6. The lowest BCUT2D eigenvalue weighted by Crippen LogP contribution is -2.06. The summed E-state index contributed by atoms with van der Waals surface area (Å²) in [7, 11) is 0. The van der Waals surface area contributed by atoms with Crippen LogP contribution in [0.3, 0.4) is 0 Å². The number of benzene rings is 7. The fourth-order valence-corrected chi connectivity index (χ4v) is 8.52. The van der Waals surface area contributed by atoms with Gasteiger partial charge in [0, 0.05) is 32.8 Å². The third-order valence-electron chi connectivity index (χ3n) is 11.3. The minimum absolute atomic E-state index is 0.0314. The molecule has 64 heavy (non-hydrogen) atoms. The molecule has 2 aromatic heterocycles. The molecule has 7 aromatic carbocycles. The maximum Gasteiger partial charge on any atom is 0.416 e. The topological polar surface area (TPSA) is 14.2 Å². The number of alkyl halides is 12. The molecular weight excluding hydrogens is 859 g/mol. The summed E-state index contributed by atoms with van der Waals surface area (Å²) in [5, 5.41) is 0.245. The predicted octanol–water partition coefficient (Wildman–Crippen LogP) is 16.5. The van der Waals surface area contributed by atoms with Gasteiger partial charge in [-0.1, -0.05) is 35.9 Å². The summed E-state index contributed by atoms with van der Waals surface area (Å²) < 4.78 is 173. The van der Waals surface area contributed by atoms with E-state index in [-0.39, 0.29) is 77.6 Å². The van der Waals surface area contributed by atoms with Crippen LogP contribution in [0.4, 0.5) is 58.4 Å². The van der Waals surface area contributed by atoms with E-state index in [9.17, 15) is 52.7 Å². The normalized spacial score (nSPS) is 12.8. The third-order valence-corrected chi connectivity index (χ3v) is 11.3. The van der Waals surface area contributed by atoms with Crippen molar-refractivity contribution < 1.29 is 52.7 Å². The summed E-state index contributed by atoms with van der Waals surface area (Å²) in [6, 6.07) is 26.0. The van der Waals surface area contributed by atoms with Crippen LogP contribution in [0.1, 0.15) is 33.4 Å². The molecule has 0 fully saturated rings. The SMILES string of the molecule is [C-]#[N+]c1cccc(-n2c3ccc(C(F)(F)F)cc3c3cc(C(F)(F)F)ccc32)c1-c1cc(-c2cc(C)cc(C(F)(F)F)c2)ccc1-n1c2ccc(C)cc2c2cc(C(F)(F)F)ccc21. The van der Waals surface area contributed by atoms with Crippen LogP contribution in [0.15, 0.2) is 127 Å². The minimum atomic E-state index is -4.88. The van der Waals surface area contributed by atoms with Crippen LogP contribution < -0.4 is 0 Å². The molecule has 0 aliphatic carbocycles. The van der Waals surface area contributed by atoms with Crippen LogP contribution in [0, 0.1) is 20.4 Å². The van der Waals surface area contributed by atoms with E-state index in [2.05, 4.69) is 4.85 Å². The molecule has 0 N–H and O–H groups in total. The minimum Gasteiger partial charge on any atom is -0.310 e. The van der Waals surface area contributed by atoms with Crippen LogP contribution in [0.5, 0.6) is 0 Å². The molecule has 0 saturated heterocycles. The molecule has 0 spiro atoms. The second kappa shape index (κ2) is 14.4. The first-order valence-electron chi connectivity index (χ1n) is 19.2. The van der Waals surface area contributed by atoms with Crippen LogP contribution in [-0.4, -0.2) is 9.13 Å². The van der Waals surface area contributed by atoms with Gasteiger partial charge >= 0.3 is 24.7 Å². The van der Waals surface area contributed by atoms with Crippen molar-refractivity contribution in [2.45, 2.75) is 38.6 Å². The van der Waals surface area contributed by atoms with E-state index in [1.165, 1.54) is 54.0 Å². The summed E-state index contributed by atoms with van der Waals surface area (Å²) in [5.41, 5.74) is -1.55. The molecule has 0 amide bonds. The zero-order valence-corrected chi connectivity index (χ0v) is 33.0. The van der Waals surface area contributed by atoms with Gasteiger partial charge < -0.3 is 9.13 Å². The molecule has 0 aliphatic heterocycles. The lowest BCUT2D eigenvalue weighted by atomic mass is 9.93. The molecule has 0 saturated carbocycles. The Morgan fingerprint density at radius 3 is 1.36 bits per heavy atom. The highest BCUT2D eigenvalue weighted by Crippen LogP contribution is 2.48. The van der Waals surface area contributed by atoms with Gasteiger partial charge in [0.2, 0.25) is 0 Å². The van der Waals surface area contributed by atoms with Gasteiger partial charge in [-0.3, -0.25) is 0 Å². The average molecular weight is 886 g/mol. The summed E-state index contributed by atoms with van der Waals surface area (Å²) in [5.74, 6) is 0. The molecule has 0 atom stereocenters. The van der Waals surface area contributed by atoms with Gasteiger partial charge in [-0.15, -0.1) is 0 Å². The third kappa shape index (κ3) is 7.07. The molecule has 322 valence electrons. The first kappa shape index (κ1) is 42.1. The first-order chi connectivity index (χ1) is 30.0. The standard InChI is InChI=1S/C49H27F12N3/c1-25-7-12-39-33(19-25)34-22-29(46(50,51)52)9-14-40(34)63(39)43-13-8-27(28-17-26(2)18-32(20-28)49(59,60)61)21-37(43)45-38(62-3)5-4-6-44(45)64-41-15-10-30(47(53,54)55)23-35(41)36-24-31(48(56,57)58)11-16-42(36)64/h4-24H,1-2H3. The Bertz CT molecular complexity index is 3360. The summed E-state index contributed by atoms with van der Waals surface area (Å²) in [4.78, 5) is 3.79. The van der Waals surface area contributed by atoms with E-state index in [1.54, 1.807) is 35.8 Å². The lowest BCUT2D eigenvalue weighted by Gasteiger charge is -2.21. The van der Waals surface area contributed by atoms with Gasteiger partial charge in [0.15, 0.2) is 5.69 Å². The molecular formula is C49H27F12N3. The molecule has 0 radical (unpaired) electrons. The van der Waals surface area contributed by atoms with Gasteiger partial charge in [-0.05, 0) is 133 Å². The van der Waals surface area contributed by atoms with Crippen molar-refractivity contribution in [3.05, 3.63) is 172 Å². The first-order valence-corrected chi connectivity index (χ1v) is 19.2. The summed E-state index contributed by atoms with van der Waals surface area (Å²) >= 11 is 0. The number of halogens is 12. The van der Waals surface area contributed by atoms with E-state index >= 15 is 0 Å². The van der Waals surface area contributed by atoms with Gasteiger partial charge in [-0.25, -0.2) is 4.85 Å². The Balaban J connectivity index is 1.44. The Labute approximate surface area is 354 Å². The van der Waals surface area contributed by atoms with E-state index < -0.39 is 47.0 Å². The van der Waals surface area contributed by atoms with Crippen LogP contribution >= 0.6 is 0 Å². The number of nitrogens with zero attached hydrogens (tertiary/aromatic N) is 3. The fraction of sp³-hybridized carbons (Fsp3) is 0.122. The maximum atomic E-state index is 14.2. The van der Waals surface area contributed by atoms with E-state index in [4.69, 9.17) is 6.57 Å². The second-order valence-corrected chi connectivity index (χ2v) is 15.5. The number of fused-ring (bicyclic) bond motifs is 6. The Morgan fingerprint density at radius 1 is 0.406 bits per heavy atom. The second-order valence-electron chi connectivity index (χ2n) is 15.5. The highest BCUT2D eigenvalue weighted by Gasteiger charge is 2.35. The quantitative estimate of drug-likeness (QED) is 0.124. The van der Waals surface area contributed by atoms with Crippen LogP contribution in [0.25, 0.3) is 82.1 Å². The highest BCUT2D eigenvalue weighted by molar-refractivity contribution is 6.12. The molecule has 0 aliphatic rings. The molecule has 0 bridgehead atoms. The molecule has 9 rings (SSSR count). The number of hydrogen-bond donors (Lipinski definition) is 0. The molecule has 15 heteroatoms. The van der Waals surface area contributed by atoms with E-state index in [1.807, 2.05) is 0 Å². The van der Waals surface area contributed by atoms with Gasteiger partial charge in [0.25, 0.3) is 0 Å². The number of hydrogen-bond acceptors (Lipinski definition) is 0. The molecule has 0 unspecified atom stereocenters. The zero-order chi connectivity index (χ0) is 45.8. The van der Waals surface area contributed by atoms with Crippen molar-refractivity contribution in [2.75, 3.05) is 0 Å². The predicted molar refractivity (Wildman–Crippen MR) is 222 cm³/mol. The van der Waals surface area contributed by atoms with Crippen molar-refractivity contribution >= 4 is 49.3 Å². The van der Waals surface area contributed by atoms with Gasteiger partial charge in [0.1, 0.15) is 0 Å². The highest BCUT2D eigenvalue weighted by atomic mass is 19.4. The van der Waals surface area contributed by atoms with E-state index in [0.29, 0.717) is 16.5 Å². The number of aryl methyl sites for hydroxylation is 2. The fourth-order valence-electron chi connectivity index (χ4n) is 8.52. The Hall–Kier alpha value is -7.21. The maximum absolute atomic E-state index is 14.2. The number of aromatic nitrogens is 2. The van der Waals surface area contributed by atoms with Crippen molar-refractivity contribution in [3.8, 4) is 33.6 Å². The Morgan fingerprint density at radius 2 is 0.875 bits per heavy atom. The van der Waals surface area contributed by atoms with Crippen LogP contribution in [0.2, 0.25) is 0 Å². The van der Waals surface area contributed by atoms with Crippen molar-refractivity contribution in [2.24, 2.45) is 0 Å². The lowest BCUT2D eigenvalue weighted by molar-refractivity contribution is -0.138. The smallest absolute Gasteiger partial charge is 0.310 e. The molecule has 9 aromatic rings. The zero-order valence-electron chi connectivity index (χ0n) is 33.0.